The van der Waals surface area contributed by atoms with Gasteiger partial charge in [-0.05, 0) is 12.1 Å². The van der Waals surface area contributed by atoms with Crippen molar-refractivity contribution < 1.29 is 14.6 Å². The summed E-state index contributed by atoms with van der Waals surface area (Å²) in [6.07, 6.45) is 1.03. The molecule has 0 saturated carbocycles. The third kappa shape index (κ3) is 3.82. The van der Waals surface area contributed by atoms with Crippen LogP contribution < -0.4 is 0 Å². The van der Waals surface area contributed by atoms with Crippen LogP contribution in [0.4, 0.5) is 0 Å². The highest BCUT2D eigenvalue weighted by molar-refractivity contribution is 6.33. The third-order valence-electron chi connectivity index (χ3n) is 3.31. The minimum Gasteiger partial charge on any atom is -0.388 e. The molecule has 1 saturated heterocycles. The molecule has 5 nitrogen and oxygen atoms in total. The molecule has 1 aliphatic heterocycles. The Morgan fingerprint density at radius 3 is 2.50 bits per heavy atom. The van der Waals surface area contributed by atoms with E-state index in [-0.39, 0.29) is 22.8 Å². The number of amides is 1. The van der Waals surface area contributed by atoms with Gasteiger partial charge >= 0.3 is 0 Å². The maximum absolute atomic E-state index is 12.3. The summed E-state index contributed by atoms with van der Waals surface area (Å²) in [7, 11) is 1.64. The molecule has 2 heterocycles. The van der Waals surface area contributed by atoms with Crippen molar-refractivity contribution in [2.45, 2.75) is 18.4 Å². The Kier molecular flexibility index (Phi) is 4.86. The lowest BCUT2D eigenvalue weighted by molar-refractivity contribution is -0.0734. The van der Waals surface area contributed by atoms with Gasteiger partial charge in [0.05, 0.1) is 5.60 Å². The smallest absolute Gasteiger partial charge is 0.253 e. The van der Waals surface area contributed by atoms with Crippen LogP contribution in [0.1, 0.15) is 23.2 Å². The van der Waals surface area contributed by atoms with E-state index in [9.17, 15) is 9.90 Å². The molecule has 110 valence electrons. The zero-order valence-corrected chi connectivity index (χ0v) is 12.6. The number of carbonyl (C=O) groups is 1. The summed E-state index contributed by atoms with van der Waals surface area (Å²) in [6, 6.07) is 2.92. The van der Waals surface area contributed by atoms with E-state index in [1.54, 1.807) is 7.05 Å². The number of aliphatic hydroxyl groups is 1. The molecule has 2 rings (SSSR count). The SMILES string of the molecule is CN(CC1(O)CCOCC1)C(=O)c1cc(Cl)nc(Cl)c1. The number of hydrogen-bond acceptors (Lipinski definition) is 4. The standard InChI is InChI=1S/C13H16Cl2N2O3/c1-17(8-13(19)2-4-20-5-3-13)12(18)9-6-10(14)16-11(15)7-9/h6-7,19H,2-5,8H2,1H3. The van der Waals surface area contributed by atoms with Gasteiger partial charge in [-0.3, -0.25) is 4.79 Å². The zero-order chi connectivity index (χ0) is 14.8. The van der Waals surface area contributed by atoms with E-state index in [1.807, 2.05) is 0 Å². The van der Waals surface area contributed by atoms with Gasteiger partial charge in [-0.1, -0.05) is 23.2 Å². The van der Waals surface area contributed by atoms with Gasteiger partial charge < -0.3 is 14.7 Å². The van der Waals surface area contributed by atoms with Crippen molar-refractivity contribution in [2.75, 3.05) is 26.8 Å². The lowest BCUT2D eigenvalue weighted by Gasteiger charge is -2.35. The van der Waals surface area contributed by atoms with Gasteiger partial charge in [0.25, 0.3) is 5.91 Å². The van der Waals surface area contributed by atoms with Crippen LogP contribution in [-0.4, -0.2) is 53.3 Å². The molecule has 1 aliphatic rings. The van der Waals surface area contributed by atoms with Crippen molar-refractivity contribution in [3.05, 3.63) is 28.0 Å². The monoisotopic (exact) mass is 318 g/mol. The number of hydrogen-bond donors (Lipinski definition) is 1. The predicted octanol–water partition coefficient (Wildman–Crippen LogP) is 2.00. The van der Waals surface area contributed by atoms with Crippen molar-refractivity contribution >= 4 is 29.1 Å². The Hall–Kier alpha value is -0.880. The molecule has 20 heavy (non-hydrogen) atoms. The number of likely N-dealkylation sites (N-methyl/N-ethyl adjacent to an activating group) is 1. The van der Waals surface area contributed by atoms with Gasteiger partial charge in [0, 0.05) is 45.2 Å². The van der Waals surface area contributed by atoms with Gasteiger partial charge in [0.15, 0.2) is 0 Å². The first-order valence-electron chi connectivity index (χ1n) is 6.28. The highest BCUT2D eigenvalue weighted by atomic mass is 35.5. The van der Waals surface area contributed by atoms with Gasteiger partial charge in [0.1, 0.15) is 10.3 Å². The molecule has 1 fully saturated rings. The summed E-state index contributed by atoms with van der Waals surface area (Å²) in [5.41, 5.74) is -0.545. The van der Waals surface area contributed by atoms with Crippen LogP contribution in [0.2, 0.25) is 10.3 Å². The van der Waals surface area contributed by atoms with Crippen LogP contribution in [0.5, 0.6) is 0 Å². The average Bonchev–Trinajstić information content (AvgIpc) is 2.37. The van der Waals surface area contributed by atoms with E-state index >= 15 is 0 Å². The minimum absolute atomic E-state index is 0.166. The molecule has 0 aliphatic carbocycles. The number of halogens is 2. The molecule has 1 N–H and O–H groups in total. The van der Waals surface area contributed by atoms with Crippen LogP contribution in [-0.2, 0) is 4.74 Å². The largest absolute Gasteiger partial charge is 0.388 e. The maximum Gasteiger partial charge on any atom is 0.253 e. The number of nitrogens with zero attached hydrogens (tertiary/aromatic N) is 2. The lowest BCUT2D eigenvalue weighted by Crippen LogP contribution is -2.47. The van der Waals surface area contributed by atoms with Crippen LogP contribution in [0.3, 0.4) is 0 Å². The molecule has 0 bridgehead atoms. The van der Waals surface area contributed by atoms with Crippen LogP contribution >= 0.6 is 23.2 Å². The fourth-order valence-corrected chi connectivity index (χ4v) is 2.69. The van der Waals surface area contributed by atoms with Crippen molar-refractivity contribution in [1.29, 1.82) is 0 Å². The molecule has 7 heteroatoms. The molecular formula is C13H16Cl2N2O3. The Morgan fingerprint density at radius 2 is 1.95 bits per heavy atom. The molecule has 0 spiro atoms. The topological polar surface area (TPSA) is 62.7 Å². The van der Waals surface area contributed by atoms with Crippen molar-refractivity contribution in [3.8, 4) is 0 Å². The van der Waals surface area contributed by atoms with Crippen LogP contribution in [0.15, 0.2) is 12.1 Å². The van der Waals surface area contributed by atoms with E-state index in [0.29, 0.717) is 31.6 Å². The highest BCUT2D eigenvalue weighted by Gasteiger charge is 2.32. The minimum atomic E-state index is -0.900. The Balaban J connectivity index is 2.08. The second-order valence-electron chi connectivity index (χ2n) is 5.00. The van der Waals surface area contributed by atoms with E-state index in [0.717, 1.165) is 0 Å². The van der Waals surface area contributed by atoms with Gasteiger partial charge in [0.2, 0.25) is 0 Å². The molecule has 1 aromatic heterocycles. The Labute approximate surface area is 127 Å². The van der Waals surface area contributed by atoms with E-state index in [2.05, 4.69) is 4.98 Å². The molecule has 0 radical (unpaired) electrons. The molecule has 1 amide bonds. The fraction of sp³-hybridized carbons (Fsp3) is 0.538. The fourth-order valence-electron chi connectivity index (χ4n) is 2.23. The van der Waals surface area contributed by atoms with E-state index in [4.69, 9.17) is 27.9 Å². The number of aromatic nitrogens is 1. The summed E-state index contributed by atoms with van der Waals surface area (Å²) in [5, 5.41) is 10.7. The summed E-state index contributed by atoms with van der Waals surface area (Å²) in [5.74, 6) is -0.254. The van der Waals surface area contributed by atoms with E-state index < -0.39 is 5.60 Å². The predicted molar refractivity (Wildman–Crippen MR) is 76.2 cm³/mol. The quantitative estimate of drug-likeness (QED) is 0.866. The van der Waals surface area contributed by atoms with Crippen molar-refractivity contribution in [3.63, 3.8) is 0 Å². The number of ether oxygens (including phenoxy) is 1. The number of rotatable bonds is 3. The summed E-state index contributed by atoms with van der Waals surface area (Å²) >= 11 is 11.6. The molecular weight excluding hydrogens is 303 g/mol. The van der Waals surface area contributed by atoms with Gasteiger partial charge in [-0.25, -0.2) is 4.98 Å². The Bertz CT molecular complexity index is 484. The number of pyridine rings is 1. The van der Waals surface area contributed by atoms with Crippen LogP contribution in [0.25, 0.3) is 0 Å². The second-order valence-corrected chi connectivity index (χ2v) is 5.77. The molecule has 0 aromatic carbocycles. The van der Waals surface area contributed by atoms with Gasteiger partial charge in [-0.15, -0.1) is 0 Å². The maximum atomic E-state index is 12.3. The first-order chi connectivity index (χ1) is 9.39. The first-order valence-corrected chi connectivity index (χ1v) is 7.04. The Morgan fingerprint density at radius 1 is 1.40 bits per heavy atom. The summed E-state index contributed by atoms with van der Waals surface area (Å²) in [6.45, 7) is 1.25. The normalized spacial score (nSPS) is 17.8. The molecule has 0 atom stereocenters. The average molecular weight is 319 g/mol. The van der Waals surface area contributed by atoms with E-state index in [1.165, 1.54) is 17.0 Å². The van der Waals surface area contributed by atoms with Crippen LogP contribution in [0, 0.1) is 0 Å². The van der Waals surface area contributed by atoms with Gasteiger partial charge in [-0.2, -0.15) is 0 Å². The second kappa shape index (κ2) is 6.26. The van der Waals surface area contributed by atoms with Crippen molar-refractivity contribution in [2.24, 2.45) is 0 Å². The molecule has 1 aromatic rings. The summed E-state index contributed by atoms with van der Waals surface area (Å²) in [4.78, 5) is 17.6. The first kappa shape index (κ1) is 15.5. The highest BCUT2D eigenvalue weighted by Crippen LogP contribution is 2.22. The molecule has 0 unspecified atom stereocenters. The summed E-state index contributed by atoms with van der Waals surface area (Å²) < 4.78 is 5.22. The zero-order valence-electron chi connectivity index (χ0n) is 11.1. The lowest BCUT2D eigenvalue weighted by atomic mass is 9.94. The van der Waals surface area contributed by atoms with Crippen molar-refractivity contribution in [1.82, 2.24) is 9.88 Å². The number of carbonyl (C=O) groups excluding carboxylic acids is 1. The third-order valence-corrected chi connectivity index (χ3v) is 3.70.